The average molecular weight is 303 g/mol. The quantitative estimate of drug-likeness (QED) is 0.819. The van der Waals surface area contributed by atoms with Crippen LogP contribution in [0.4, 0.5) is 0 Å². The van der Waals surface area contributed by atoms with Gasteiger partial charge < -0.3 is 14.8 Å². The summed E-state index contributed by atoms with van der Waals surface area (Å²) in [6, 6.07) is 4.94. The van der Waals surface area contributed by atoms with Crippen LogP contribution in [0.5, 0.6) is 0 Å². The van der Waals surface area contributed by atoms with Gasteiger partial charge in [0, 0.05) is 18.3 Å². The minimum Gasteiger partial charge on any atom is -0.480 e. The molecule has 0 saturated carbocycles. The van der Waals surface area contributed by atoms with Crippen LogP contribution in [0.1, 0.15) is 37.6 Å². The van der Waals surface area contributed by atoms with Crippen molar-refractivity contribution in [3.05, 3.63) is 35.8 Å². The van der Waals surface area contributed by atoms with Gasteiger partial charge in [0.2, 0.25) is 5.91 Å². The predicted molar refractivity (Wildman–Crippen MR) is 82.7 cm³/mol. The van der Waals surface area contributed by atoms with E-state index in [1.165, 1.54) is 0 Å². The average Bonchev–Trinajstić information content (AvgIpc) is 2.80. The molecule has 2 aromatic heterocycles. The molecule has 2 rings (SSSR count). The molecular formula is C16H21N3O3. The number of nitrogens with one attached hydrogen (secondary N) is 1. The summed E-state index contributed by atoms with van der Waals surface area (Å²) in [5.74, 6) is -1.23. The number of carboxylic acids is 1. The maximum absolute atomic E-state index is 12.0. The van der Waals surface area contributed by atoms with Gasteiger partial charge in [-0.3, -0.25) is 4.79 Å². The molecule has 6 heteroatoms. The van der Waals surface area contributed by atoms with Gasteiger partial charge in [-0.2, -0.15) is 0 Å². The van der Waals surface area contributed by atoms with Crippen LogP contribution < -0.4 is 5.32 Å². The first kappa shape index (κ1) is 16.0. The Balaban J connectivity index is 2.01. The van der Waals surface area contributed by atoms with Gasteiger partial charge in [-0.25, -0.2) is 9.78 Å². The number of rotatable bonds is 7. The van der Waals surface area contributed by atoms with Gasteiger partial charge in [-0.15, -0.1) is 0 Å². The molecule has 1 atom stereocenters. The summed E-state index contributed by atoms with van der Waals surface area (Å²) in [4.78, 5) is 27.5. The molecule has 0 aliphatic rings. The Morgan fingerprint density at radius 3 is 2.86 bits per heavy atom. The number of fused-ring (bicyclic) bond motifs is 1. The van der Waals surface area contributed by atoms with Crippen molar-refractivity contribution < 1.29 is 14.7 Å². The van der Waals surface area contributed by atoms with Crippen LogP contribution in [0, 0.1) is 6.92 Å². The molecule has 2 aromatic rings. The van der Waals surface area contributed by atoms with Crippen molar-refractivity contribution in [1.29, 1.82) is 0 Å². The van der Waals surface area contributed by atoms with Crippen LogP contribution in [0.25, 0.3) is 5.65 Å². The molecule has 0 aliphatic carbocycles. The zero-order valence-electron chi connectivity index (χ0n) is 12.9. The van der Waals surface area contributed by atoms with E-state index in [1.54, 1.807) is 0 Å². The Morgan fingerprint density at radius 1 is 1.41 bits per heavy atom. The lowest BCUT2D eigenvalue weighted by molar-refractivity contribution is -0.142. The molecule has 2 heterocycles. The molecule has 0 saturated heterocycles. The van der Waals surface area contributed by atoms with Gasteiger partial charge >= 0.3 is 5.97 Å². The van der Waals surface area contributed by atoms with E-state index in [9.17, 15) is 9.59 Å². The molecule has 0 radical (unpaired) electrons. The molecule has 0 aliphatic heterocycles. The number of nitrogens with zero attached hydrogens (tertiary/aromatic N) is 2. The number of hydrogen-bond donors (Lipinski definition) is 2. The van der Waals surface area contributed by atoms with Crippen LogP contribution >= 0.6 is 0 Å². The van der Waals surface area contributed by atoms with E-state index in [2.05, 4.69) is 10.3 Å². The van der Waals surface area contributed by atoms with Crippen molar-refractivity contribution in [2.24, 2.45) is 0 Å². The maximum atomic E-state index is 12.0. The number of carbonyl (C=O) groups excluding carboxylic acids is 1. The van der Waals surface area contributed by atoms with E-state index < -0.39 is 12.0 Å². The van der Waals surface area contributed by atoms with Crippen molar-refractivity contribution in [3.8, 4) is 0 Å². The van der Waals surface area contributed by atoms with Gasteiger partial charge in [0.15, 0.2) is 0 Å². The zero-order valence-corrected chi connectivity index (χ0v) is 12.9. The van der Waals surface area contributed by atoms with Crippen molar-refractivity contribution in [2.45, 2.75) is 45.6 Å². The first-order valence-corrected chi connectivity index (χ1v) is 7.47. The number of aliphatic carboxylic acids is 1. The van der Waals surface area contributed by atoms with Gasteiger partial charge in [-0.1, -0.05) is 19.4 Å². The highest BCUT2D eigenvalue weighted by molar-refractivity contribution is 5.83. The Kier molecular flexibility index (Phi) is 5.14. The number of carbonyl (C=O) groups is 2. The fourth-order valence-corrected chi connectivity index (χ4v) is 2.51. The zero-order chi connectivity index (χ0) is 16.1. The first-order valence-electron chi connectivity index (χ1n) is 7.47. The third-order valence-corrected chi connectivity index (χ3v) is 3.63. The molecule has 2 N–H and O–H groups in total. The van der Waals surface area contributed by atoms with Gasteiger partial charge in [0.25, 0.3) is 0 Å². The highest BCUT2D eigenvalue weighted by Gasteiger charge is 2.19. The third-order valence-electron chi connectivity index (χ3n) is 3.63. The summed E-state index contributed by atoms with van der Waals surface area (Å²) in [6.07, 6.45) is 3.84. The predicted octanol–water partition coefficient (Wildman–Crippen LogP) is 1.94. The maximum Gasteiger partial charge on any atom is 0.326 e. The number of aryl methyl sites for hydroxylation is 2. The Hall–Kier alpha value is -2.37. The van der Waals surface area contributed by atoms with E-state index >= 15 is 0 Å². The Bertz CT molecular complexity index is 678. The monoisotopic (exact) mass is 303 g/mol. The summed E-state index contributed by atoms with van der Waals surface area (Å²) in [7, 11) is 0. The lowest BCUT2D eigenvalue weighted by Crippen LogP contribution is -2.40. The van der Waals surface area contributed by atoms with Crippen molar-refractivity contribution in [3.63, 3.8) is 0 Å². The van der Waals surface area contributed by atoms with Gasteiger partial charge in [0.1, 0.15) is 11.7 Å². The van der Waals surface area contributed by atoms with E-state index in [0.29, 0.717) is 19.3 Å². The molecule has 0 spiro atoms. The van der Waals surface area contributed by atoms with Crippen LogP contribution in [0.3, 0.4) is 0 Å². The molecule has 1 amide bonds. The summed E-state index contributed by atoms with van der Waals surface area (Å²) in [5.41, 5.74) is 2.72. The molecule has 118 valence electrons. The molecule has 0 fully saturated rings. The number of amides is 1. The summed E-state index contributed by atoms with van der Waals surface area (Å²) in [5, 5.41) is 11.6. The van der Waals surface area contributed by atoms with Crippen molar-refractivity contribution in [2.75, 3.05) is 0 Å². The second-order valence-corrected chi connectivity index (χ2v) is 5.32. The van der Waals surface area contributed by atoms with Crippen molar-refractivity contribution in [1.82, 2.24) is 14.7 Å². The molecular weight excluding hydrogens is 282 g/mol. The lowest BCUT2D eigenvalue weighted by atomic mass is 10.1. The standard InChI is InChI=1S/C16H21N3O3/c1-3-6-12(16(21)22)18-15(20)9-8-13-11(2)17-14-7-4-5-10-19(13)14/h4-5,7,10,12H,3,6,8-9H2,1-2H3,(H,18,20)(H,21,22). The van der Waals surface area contributed by atoms with Crippen LogP contribution in [-0.2, 0) is 16.0 Å². The van der Waals surface area contributed by atoms with E-state index in [0.717, 1.165) is 17.0 Å². The van der Waals surface area contributed by atoms with Crippen LogP contribution in [0.2, 0.25) is 0 Å². The topological polar surface area (TPSA) is 83.7 Å². The third kappa shape index (κ3) is 3.63. The molecule has 1 unspecified atom stereocenters. The minimum atomic E-state index is -0.985. The largest absolute Gasteiger partial charge is 0.480 e. The molecule has 0 bridgehead atoms. The van der Waals surface area contributed by atoms with E-state index in [4.69, 9.17) is 5.11 Å². The van der Waals surface area contributed by atoms with E-state index in [1.807, 2.05) is 42.6 Å². The highest BCUT2D eigenvalue weighted by atomic mass is 16.4. The summed E-state index contributed by atoms with van der Waals surface area (Å²) in [6.45, 7) is 3.81. The summed E-state index contributed by atoms with van der Waals surface area (Å²) < 4.78 is 1.96. The van der Waals surface area contributed by atoms with E-state index in [-0.39, 0.29) is 12.3 Å². The Morgan fingerprint density at radius 2 is 2.18 bits per heavy atom. The van der Waals surface area contributed by atoms with Crippen LogP contribution in [0.15, 0.2) is 24.4 Å². The van der Waals surface area contributed by atoms with Crippen molar-refractivity contribution >= 4 is 17.5 Å². The molecule has 0 aromatic carbocycles. The number of carboxylic acid groups (broad SMARTS) is 1. The second kappa shape index (κ2) is 7.06. The normalized spacial score (nSPS) is 12.3. The fraction of sp³-hybridized carbons (Fsp3) is 0.438. The van der Waals surface area contributed by atoms with Gasteiger partial charge in [0.05, 0.1) is 5.69 Å². The Labute approximate surface area is 129 Å². The van der Waals surface area contributed by atoms with Gasteiger partial charge in [-0.05, 0) is 31.9 Å². The summed E-state index contributed by atoms with van der Waals surface area (Å²) >= 11 is 0. The smallest absolute Gasteiger partial charge is 0.326 e. The van der Waals surface area contributed by atoms with Crippen LogP contribution in [-0.4, -0.2) is 32.4 Å². The number of aromatic nitrogens is 2. The fourth-order valence-electron chi connectivity index (χ4n) is 2.51. The second-order valence-electron chi connectivity index (χ2n) is 5.32. The number of pyridine rings is 1. The molecule has 22 heavy (non-hydrogen) atoms. The SMILES string of the molecule is CCCC(NC(=O)CCc1c(C)nc2ccccn12)C(=O)O. The first-order chi connectivity index (χ1) is 10.5. The number of imidazole rings is 1. The lowest BCUT2D eigenvalue weighted by Gasteiger charge is -2.13. The highest BCUT2D eigenvalue weighted by Crippen LogP contribution is 2.13. The molecule has 6 nitrogen and oxygen atoms in total. The number of hydrogen-bond acceptors (Lipinski definition) is 3. The minimum absolute atomic E-state index is 0.244.